The van der Waals surface area contributed by atoms with Crippen LogP contribution in [0.25, 0.3) is 10.2 Å². The number of aromatic amines is 1. The normalized spacial score (nSPS) is 22.9. The molecule has 0 aliphatic carbocycles. The van der Waals surface area contributed by atoms with E-state index in [2.05, 4.69) is 20.8 Å². The standard InChI is InChI=1S/C22H29N7O2S/c1-12-9-17(28-27-12)24-18-16-7-8-32-19(16)26-20(25-18)23-13-10-14-5-6-15(11-13)29(14)21(30)31-22(2,3)4/h7-9,13-15H,5-6,10-11H2,1-4H3,(H3,23,24,25,26,27,28)/t13-,14-,15+. The maximum absolute atomic E-state index is 12.7. The van der Waals surface area contributed by atoms with Crippen molar-refractivity contribution in [3.8, 4) is 0 Å². The summed E-state index contributed by atoms with van der Waals surface area (Å²) in [5, 5.41) is 17.0. The molecule has 32 heavy (non-hydrogen) atoms. The van der Waals surface area contributed by atoms with Gasteiger partial charge >= 0.3 is 6.09 Å². The lowest BCUT2D eigenvalue weighted by molar-refractivity contribution is 0.00682. The van der Waals surface area contributed by atoms with Crippen LogP contribution in [0, 0.1) is 6.92 Å². The second-order valence-electron chi connectivity index (χ2n) is 9.68. The number of fused-ring (bicyclic) bond motifs is 3. The Morgan fingerprint density at radius 3 is 2.66 bits per heavy atom. The van der Waals surface area contributed by atoms with Crippen molar-refractivity contribution >= 4 is 45.2 Å². The van der Waals surface area contributed by atoms with Crippen molar-refractivity contribution in [2.24, 2.45) is 0 Å². The lowest BCUT2D eigenvalue weighted by Gasteiger charge is -2.39. The highest BCUT2D eigenvalue weighted by molar-refractivity contribution is 7.16. The number of amides is 1. The number of anilines is 3. The number of carbonyl (C=O) groups is 1. The predicted octanol–water partition coefficient (Wildman–Crippen LogP) is 4.81. The minimum Gasteiger partial charge on any atom is -0.444 e. The Hall–Kier alpha value is -2.88. The van der Waals surface area contributed by atoms with Crippen LogP contribution < -0.4 is 10.6 Å². The van der Waals surface area contributed by atoms with Gasteiger partial charge in [-0.2, -0.15) is 10.1 Å². The number of aromatic nitrogens is 4. The summed E-state index contributed by atoms with van der Waals surface area (Å²) >= 11 is 1.59. The Morgan fingerprint density at radius 2 is 2.00 bits per heavy atom. The van der Waals surface area contributed by atoms with Crippen molar-refractivity contribution in [3.63, 3.8) is 0 Å². The number of H-pyrrole nitrogens is 1. The zero-order valence-electron chi connectivity index (χ0n) is 18.8. The number of piperidine rings is 1. The van der Waals surface area contributed by atoms with Crippen LogP contribution >= 0.6 is 11.3 Å². The van der Waals surface area contributed by atoms with Gasteiger partial charge in [0.1, 0.15) is 16.2 Å². The molecule has 170 valence electrons. The highest BCUT2D eigenvalue weighted by Crippen LogP contribution is 2.38. The van der Waals surface area contributed by atoms with E-state index >= 15 is 0 Å². The van der Waals surface area contributed by atoms with E-state index in [1.807, 2.05) is 50.1 Å². The smallest absolute Gasteiger partial charge is 0.410 e. The highest BCUT2D eigenvalue weighted by atomic mass is 32.1. The first-order chi connectivity index (χ1) is 15.2. The number of carbonyl (C=O) groups excluding carboxylic acids is 1. The van der Waals surface area contributed by atoms with Crippen LogP contribution in [0.4, 0.5) is 22.4 Å². The van der Waals surface area contributed by atoms with Gasteiger partial charge in [-0.25, -0.2) is 9.78 Å². The van der Waals surface area contributed by atoms with Gasteiger partial charge < -0.3 is 20.3 Å². The highest BCUT2D eigenvalue weighted by Gasteiger charge is 2.45. The van der Waals surface area contributed by atoms with Crippen molar-refractivity contribution in [1.82, 2.24) is 25.1 Å². The summed E-state index contributed by atoms with van der Waals surface area (Å²) < 4.78 is 5.65. The van der Waals surface area contributed by atoms with Crippen LogP contribution in [0.1, 0.15) is 52.1 Å². The fourth-order valence-corrected chi connectivity index (χ4v) is 5.47. The summed E-state index contributed by atoms with van der Waals surface area (Å²) in [4.78, 5) is 25.1. The third-order valence-corrected chi connectivity index (χ3v) is 6.75. The number of ether oxygens (including phenoxy) is 1. The van der Waals surface area contributed by atoms with E-state index < -0.39 is 5.60 Å². The Bertz CT molecular complexity index is 1120. The first-order valence-corrected chi connectivity index (χ1v) is 12.0. The molecule has 5 rings (SSSR count). The van der Waals surface area contributed by atoms with E-state index in [0.29, 0.717) is 5.95 Å². The monoisotopic (exact) mass is 455 g/mol. The lowest BCUT2D eigenvalue weighted by atomic mass is 9.98. The first kappa shape index (κ1) is 21.0. The summed E-state index contributed by atoms with van der Waals surface area (Å²) in [6, 6.07) is 4.55. The number of thiophene rings is 1. The van der Waals surface area contributed by atoms with E-state index in [1.165, 1.54) is 0 Å². The second-order valence-corrected chi connectivity index (χ2v) is 10.6. The SMILES string of the molecule is Cc1cc(Nc2nc(N[C@@H]3C[C@H]4CC[C@@H](C3)N4C(=O)OC(C)(C)C)nc3sccc23)n[nH]1. The maximum Gasteiger partial charge on any atom is 0.410 e. The fourth-order valence-electron chi connectivity index (χ4n) is 4.71. The largest absolute Gasteiger partial charge is 0.444 e. The number of hydrogen-bond acceptors (Lipinski definition) is 8. The van der Waals surface area contributed by atoms with Gasteiger partial charge in [0.15, 0.2) is 5.82 Å². The molecule has 2 saturated heterocycles. The summed E-state index contributed by atoms with van der Waals surface area (Å²) in [5.74, 6) is 2.06. The van der Waals surface area contributed by atoms with Crippen LogP contribution in [-0.4, -0.2) is 54.9 Å². The molecule has 2 aliphatic rings. The summed E-state index contributed by atoms with van der Waals surface area (Å²) in [6.45, 7) is 7.70. The molecular weight excluding hydrogens is 426 g/mol. The molecule has 0 aromatic carbocycles. The van der Waals surface area contributed by atoms with Gasteiger partial charge in [-0.05, 0) is 64.8 Å². The van der Waals surface area contributed by atoms with Crippen molar-refractivity contribution in [3.05, 3.63) is 23.2 Å². The second kappa shape index (κ2) is 7.91. The summed E-state index contributed by atoms with van der Waals surface area (Å²) in [5.41, 5.74) is 0.500. The predicted molar refractivity (Wildman–Crippen MR) is 126 cm³/mol. The molecule has 0 saturated carbocycles. The van der Waals surface area contributed by atoms with Gasteiger partial charge in [-0.3, -0.25) is 5.10 Å². The van der Waals surface area contributed by atoms with Gasteiger partial charge in [0.2, 0.25) is 5.95 Å². The molecule has 0 radical (unpaired) electrons. The zero-order chi connectivity index (χ0) is 22.5. The molecule has 3 aromatic heterocycles. The van der Waals surface area contributed by atoms with Crippen LogP contribution in [-0.2, 0) is 4.74 Å². The molecular formula is C22H29N7O2S. The molecule has 10 heteroatoms. The number of nitrogens with one attached hydrogen (secondary N) is 3. The van der Waals surface area contributed by atoms with Crippen LogP contribution in [0.2, 0.25) is 0 Å². The number of rotatable bonds is 4. The Balaban J connectivity index is 1.32. The first-order valence-electron chi connectivity index (χ1n) is 11.1. The van der Waals surface area contributed by atoms with Gasteiger partial charge in [-0.1, -0.05) is 0 Å². The number of nitrogens with zero attached hydrogens (tertiary/aromatic N) is 4. The molecule has 1 amide bonds. The maximum atomic E-state index is 12.7. The molecule has 0 spiro atoms. The molecule has 5 heterocycles. The van der Waals surface area contributed by atoms with E-state index in [0.717, 1.165) is 53.2 Å². The molecule has 0 unspecified atom stereocenters. The van der Waals surface area contributed by atoms with E-state index in [1.54, 1.807) is 11.3 Å². The number of hydrogen-bond donors (Lipinski definition) is 3. The van der Waals surface area contributed by atoms with Crippen molar-refractivity contribution < 1.29 is 9.53 Å². The van der Waals surface area contributed by atoms with Gasteiger partial charge in [0.25, 0.3) is 0 Å². The lowest BCUT2D eigenvalue weighted by Crippen LogP contribution is -2.51. The van der Waals surface area contributed by atoms with Crippen molar-refractivity contribution in [2.75, 3.05) is 10.6 Å². The average molecular weight is 456 g/mol. The fraction of sp³-hybridized carbons (Fsp3) is 0.545. The van der Waals surface area contributed by atoms with E-state index in [9.17, 15) is 4.79 Å². The van der Waals surface area contributed by atoms with Gasteiger partial charge in [0, 0.05) is 29.9 Å². The van der Waals surface area contributed by atoms with Gasteiger partial charge in [0.05, 0.1) is 5.39 Å². The summed E-state index contributed by atoms with van der Waals surface area (Å²) in [7, 11) is 0. The minimum atomic E-state index is -0.480. The topological polar surface area (TPSA) is 108 Å². The molecule has 2 aliphatic heterocycles. The van der Waals surface area contributed by atoms with E-state index in [4.69, 9.17) is 14.7 Å². The van der Waals surface area contributed by atoms with Crippen LogP contribution in [0.3, 0.4) is 0 Å². The van der Waals surface area contributed by atoms with Crippen molar-refractivity contribution in [2.45, 2.75) is 77.1 Å². The van der Waals surface area contributed by atoms with Crippen LogP contribution in [0.15, 0.2) is 17.5 Å². The molecule has 9 nitrogen and oxygen atoms in total. The molecule has 2 bridgehead atoms. The van der Waals surface area contributed by atoms with E-state index in [-0.39, 0.29) is 24.2 Å². The third-order valence-electron chi connectivity index (χ3n) is 5.95. The quantitative estimate of drug-likeness (QED) is 0.518. The zero-order valence-corrected chi connectivity index (χ0v) is 19.6. The average Bonchev–Trinajstić information content (AvgIpc) is 3.39. The van der Waals surface area contributed by atoms with Gasteiger partial charge in [-0.15, -0.1) is 11.3 Å². The Morgan fingerprint density at radius 1 is 1.25 bits per heavy atom. The van der Waals surface area contributed by atoms with Crippen LogP contribution in [0.5, 0.6) is 0 Å². The Labute approximate surface area is 191 Å². The molecule has 3 N–H and O–H groups in total. The third kappa shape index (κ3) is 4.23. The molecule has 3 atom stereocenters. The molecule has 3 aromatic rings. The number of aryl methyl sites for hydroxylation is 1. The Kier molecular flexibility index (Phi) is 5.19. The summed E-state index contributed by atoms with van der Waals surface area (Å²) in [6.07, 6.45) is 3.56. The molecule has 2 fully saturated rings. The minimum absolute atomic E-state index is 0.191. The van der Waals surface area contributed by atoms with Crippen molar-refractivity contribution in [1.29, 1.82) is 0 Å².